The van der Waals surface area contributed by atoms with Gasteiger partial charge in [-0.1, -0.05) is 48.5 Å². The second kappa shape index (κ2) is 8.62. The third-order valence-electron chi connectivity index (χ3n) is 3.62. The van der Waals surface area contributed by atoms with Gasteiger partial charge in [-0.2, -0.15) is 0 Å². The van der Waals surface area contributed by atoms with Crippen LogP contribution in [0.1, 0.15) is 18.1 Å². The van der Waals surface area contributed by atoms with E-state index >= 15 is 0 Å². The van der Waals surface area contributed by atoms with E-state index in [1.807, 2.05) is 60.7 Å². The molecule has 6 heteroatoms. The van der Waals surface area contributed by atoms with Gasteiger partial charge in [0.2, 0.25) is 5.88 Å². The molecule has 0 saturated heterocycles. The first-order valence-electron chi connectivity index (χ1n) is 8.33. The van der Waals surface area contributed by atoms with Gasteiger partial charge in [0.15, 0.2) is 0 Å². The number of pyridine rings is 1. The molecule has 3 aromatic rings. The van der Waals surface area contributed by atoms with Crippen LogP contribution in [0.15, 0.2) is 72.7 Å². The lowest BCUT2D eigenvalue weighted by Gasteiger charge is -2.10. The number of alkyl carbamates (subject to hydrolysis) is 1. The second-order valence-electron chi connectivity index (χ2n) is 5.74. The van der Waals surface area contributed by atoms with Gasteiger partial charge in [-0.05, 0) is 23.3 Å². The molecular formula is C21H18N2O4. The number of nitrogens with zero attached hydrogens (tertiary/aromatic N) is 1. The SMILES string of the molecule is CC(=O)O/C(=C/c1ccc2cccnc2c1)NC(=O)OCc1ccccc1. The standard InChI is InChI=1S/C21H18N2O4/c1-15(24)27-20(23-21(25)26-14-16-6-3-2-4-7-16)13-17-9-10-18-8-5-11-22-19(18)12-17/h2-13H,14H2,1H3,(H,23,25)/b20-13+. The molecule has 0 aliphatic rings. The van der Waals surface area contributed by atoms with Gasteiger partial charge in [0.25, 0.3) is 0 Å². The molecule has 136 valence electrons. The molecule has 1 amide bonds. The molecule has 27 heavy (non-hydrogen) atoms. The number of esters is 1. The van der Waals surface area contributed by atoms with Crippen molar-refractivity contribution in [1.29, 1.82) is 0 Å². The highest BCUT2D eigenvalue weighted by Gasteiger charge is 2.10. The average molecular weight is 362 g/mol. The molecule has 0 saturated carbocycles. The number of carbonyl (C=O) groups is 2. The van der Waals surface area contributed by atoms with E-state index in [1.54, 1.807) is 12.3 Å². The van der Waals surface area contributed by atoms with E-state index in [0.29, 0.717) is 0 Å². The first kappa shape index (κ1) is 18.1. The summed E-state index contributed by atoms with van der Waals surface area (Å²) < 4.78 is 10.2. The van der Waals surface area contributed by atoms with Crippen molar-refractivity contribution in [2.24, 2.45) is 0 Å². The lowest BCUT2D eigenvalue weighted by Crippen LogP contribution is -2.26. The average Bonchev–Trinajstić information content (AvgIpc) is 2.66. The van der Waals surface area contributed by atoms with Crippen LogP contribution in [-0.4, -0.2) is 17.0 Å². The molecule has 2 aromatic carbocycles. The van der Waals surface area contributed by atoms with E-state index in [0.717, 1.165) is 22.0 Å². The molecular weight excluding hydrogens is 344 g/mol. The third-order valence-corrected chi connectivity index (χ3v) is 3.62. The van der Waals surface area contributed by atoms with Gasteiger partial charge in [-0.3, -0.25) is 15.1 Å². The topological polar surface area (TPSA) is 77.5 Å². The number of nitrogens with one attached hydrogen (secondary N) is 1. The number of rotatable bonds is 5. The number of hydrogen-bond donors (Lipinski definition) is 1. The molecule has 3 rings (SSSR count). The van der Waals surface area contributed by atoms with E-state index in [-0.39, 0.29) is 12.5 Å². The van der Waals surface area contributed by atoms with Gasteiger partial charge in [0, 0.05) is 24.6 Å². The monoisotopic (exact) mass is 362 g/mol. The van der Waals surface area contributed by atoms with E-state index < -0.39 is 12.1 Å². The summed E-state index contributed by atoms with van der Waals surface area (Å²) in [5.74, 6) is -0.570. The summed E-state index contributed by atoms with van der Waals surface area (Å²) in [6.45, 7) is 1.37. The Labute approximate surface area is 156 Å². The molecule has 1 heterocycles. The highest BCUT2D eigenvalue weighted by atomic mass is 16.6. The number of ether oxygens (including phenoxy) is 2. The zero-order chi connectivity index (χ0) is 19.1. The van der Waals surface area contributed by atoms with E-state index in [2.05, 4.69) is 10.3 Å². The van der Waals surface area contributed by atoms with E-state index in [4.69, 9.17) is 9.47 Å². The van der Waals surface area contributed by atoms with Gasteiger partial charge in [-0.25, -0.2) is 4.79 Å². The highest BCUT2D eigenvalue weighted by Crippen LogP contribution is 2.15. The van der Waals surface area contributed by atoms with Gasteiger partial charge >= 0.3 is 12.1 Å². The second-order valence-corrected chi connectivity index (χ2v) is 5.74. The number of benzene rings is 2. The molecule has 1 aromatic heterocycles. The van der Waals surface area contributed by atoms with Crippen LogP contribution in [0.2, 0.25) is 0 Å². The first-order valence-corrected chi connectivity index (χ1v) is 8.33. The van der Waals surface area contributed by atoms with Crippen LogP contribution in [0, 0.1) is 0 Å². The van der Waals surface area contributed by atoms with Gasteiger partial charge in [0.05, 0.1) is 5.52 Å². The van der Waals surface area contributed by atoms with Crippen molar-refractivity contribution in [3.05, 3.63) is 83.9 Å². The predicted octanol–water partition coefficient (Wildman–Crippen LogP) is 4.02. The molecule has 0 unspecified atom stereocenters. The minimum absolute atomic E-state index is 0.0177. The summed E-state index contributed by atoms with van der Waals surface area (Å²) in [7, 11) is 0. The van der Waals surface area contributed by atoms with Crippen molar-refractivity contribution in [3.63, 3.8) is 0 Å². The zero-order valence-corrected chi connectivity index (χ0v) is 14.7. The largest absolute Gasteiger partial charge is 0.444 e. The summed E-state index contributed by atoms with van der Waals surface area (Å²) in [4.78, 5) is 27.7. The summed E-state index contributed by atoms with van der Waals surface area (Å²) in [6.07, 6.45) is 2.52. The van der Waals surface area contributed by atoms with E-state index in [1.165, 1.54) is 6.92 Å². The smallest absolute Gasteiger partial charge is 0.414 e. The van der Waals surface area contributed by atoms with Crippen LogP contribution in [0.5, 0.6) is 0 Å². The van der Waals surface area contributed by atoms with Crippen molar-refractivity contribution < 1.29 is 19.1 Å². The zero-order valence-electron chi connectivity index (χ0n) is 14.7. The van der Waals surface area contributed by atoms with Crippen molar-refractivity contribution in [3.8, 4) is 0 Å². The number of amides is 1. The molecule has 0 spiro atoms. The lowest BCUT2D eigenvalue weighted by molar-refractivity contribution is -0.137. The Morgan fingerprint density at radius 3 is 2.67 bits per heavy atom. The van der Waals surface area contributed by atoms with Crippen molar-refractivity contribution in [2.75, 3.05) is 0 Å². The first-order chi connectivity index (χ1) is 13.1. The van der Waals surface area contributed by atoms with Crippen molar-refractivity contribution in [1.82, 2.24) is 10.3 Å². The maximum absolute atomic E-state index is 12.0. The lowest BCUT2D eigenvalue weighted by atomic mass is 10.1. The Morgan fingerprint density at radius 2 is 1.89 bits per heavy atom. The Bertz CT molecular complexity index is 984. The summed E-state index contributed by atoms with van der Waals surface area (Å²) in [5, 5.41) is 3.44. The van der Waals surface area contributed by atoms with Crippen LogP contribution in [0.3, 0.4) is 0 Å². The van der Waals surface area contributed by atoms with Crippen LogP contribution in [0.25, 0.3) is 17.0 Å². The molecule has 1 N–H and O–H groups in total. The van der Waals surface area contributed by atoms with Crippen LogP contribution >= 0.6 is 0 Å². The van der Waals surface area contributed by atoms with Crippen molar-refractivity contribution >= 4 is 29.0 Å². The Kier molecular flexibility index (Phi) is 5.79. The summed E-state index contributed by atoms with van der Waals surface area (Å²) in [5.41, 5.74) is 2.37. The van der Waals surface area contributed by atoms with Gasteiger partial charge in [-0.15, -0.1) is 0 Å². The maximum Gasteiger partial charge on any atom is 0.414 e. The van der Waals surface area contributed by atoms with E-state index in [9.17, 15) is 9.59 Å². The Balaban J connectivity index is 1.72. The number of fused-ring (bicyclic) bond motifs is 1. The normalized spacial score (nSPS) is 11.1. The Hall–Kier alpha value is -3.67. The van der Waals surface area contributed by atoms with Gasteiger partial charge < -0.3 is 9.47 Å². The molecule has 0 bridgehead atoms. The fourth-order valence-electron chi connectivity index (χ4n) is 2.43. The fraction of sp³-hybridized carbons (Fsp3) is 0.0952. The summed E-state index contributed by atoms with van der Waals surface area (Å²) in [6, 6.07) is 18.6. The molecule has 0 atom stereocenters. The highest BCUT2D eigenvalue weighted by molar-refractivity contribution is 5.81. The van der Waals surface area contributed by atoms with Crippen LogP contribution in [-0.2, 0) is 20.9 Å². The molecule has 0 aliphatic heterocycles. The maximum atomic E-state index is 12.0. The van der Waals surface area contributed by atoms with Crippen LogP contribution < -0.4 is 5.32 Å². The molecule has 0 aliphatic carbocycles. The predicted molar refractivity (Wildman–Crippen MR) is 101 cm³/mol. The quantitative estimate of drug-likeness (QED) is 0.548. The third kappa shape index (κ3) is 5.40. The summed E-state index contributed by atoms with van der Waals surface area (Å²) >= 11 is 0. The van der Waals surface area contributed by atoms with Crippen LogP contribution in [0.4, 0.5) is 4.79 Å². The molecule has 0 radical (unpaired) electrons. The number of hydrogen-bond acceptors (Lipinski definition) is 5. The van der Waals surface area contributed by atoms with Gasteiger partial charge in [0.1, 0.15) is 6.61 Å². The molecule has 6 nitrogen and oxygen atoms in total. The molecule has 0 fully saturated rings. The number of aromatic nitrogens is 1. The van der Waals surface area contributed by atoms with Crippen molar-refractivity contribution in [2.45, 2.75) is 13.5 Å². The fourth-order valence-corrected chi connectivity index (χ4v) is 2.43. The minimum atomic E-state index is -0.717. The number of carbonyl (C=O) groups excluding carboxylic acids is 2. The minimum Gasteiger partial charge on any atom is -0.444 e. The Morgan fingerprint density at radius 1 is 1.07 bits per heavy atom.